The Bertz CT molecular complexity index is 277. The van der Waals surface area contributed by atoms with Gasteiger partial charge in [-0.1, -0.05) is 6.92 Å². The first kappa shape index (κ1) is 13.3. The first-order chi connectivity index (χ1) is 6.97. The van der Waals surface area contributed by atoms with Gasteiger partial charge in [-0.25, -0.2) is 4.79 Å². The molecule has 15 heavy (non-hydrogen) atoms. The van der Waals surface area contributed by atoms with E-state index in [1.54, 1.807) is 0 Å². The normalized spacial score (nSPS) is 13.5. The highest BCUT2D eigenvalue weighted by molar-refractivity contribution is 6.26. The fourth-order valence-corrected chi connectivity index (χ4v) is 1.12. The molecule has 6 heteroatoms. The number of rotatable bonds is 6. The lowest BCUT2D eigenvalue weighted by Crippen LogP contribution is -2.55. The lowest BCUT2D eigenvalue weighted by Gasteiger charge is -2.23. The molecular formula is C9H12O6. The molecule has 1 unspecified atom stereocenters. The van der Waals surface area contributed by atoms with Gasteiger partial charge in [0.05, 0.1) is 7.11 Å². The zero-order chi connectivity index (χ0) is 12.1. The summed E-state index contributed by atoms with van der Waals surface area (Å²) < 4.78 is 8.63. The smallest absolute Gasteiger partial charge is 0.366 e. The Morgan fingerprint density at radius 2 is 1.87 bits per heavy atom. The zero-order valence-electron chi connectivity index (χ0n) is 8.73. The molecule has 0 aromatic heterocycles. The second-order valence-corrected chi connectivity index (χ2v) is 2.72. The predicted octanol–water partition coefficient (Wildman–Crippen LogP) is -0.361. The third-order valence-corrected chi connectivity index (χ3v) is 1.91. The Balaban J connectivity index is 5.45. The fraction of sp³-hybridized carbons (Fsp3) is 0.556. The van der Waals surface area contributed by atoms with E-state index >= 15 is 0 Å². The maximum Gasteiger partial charge on any atom is 0.366 e. The van der Waals surface area contributed by atoms with Gasteiger partial charge in [0.1, 0.15) is 0 Å². The molecule has 0 N–H and O–H groups in total. The lowest BCUT2D eigenvalue weighted by atomic mass is 9.92. The molecule has 0 bridgehead atoms. The van der Waals surface area contributed by atoms with Gasteiger partial charge in [0.2, 0.25) is 0 Å². The second-order valence-electron chi connectivity index (χ2n) is 2.72. The van der Waals surface area contributed by atoms with Gasteiger partial charge in [-0.15, -0.1) is 0 Å². The Morgan fingerprint density at radius 1 is 1.33 bits per heavy atom. The minimum atomic E-state index is -2.44. The third-order valence-electron chi connectivity index (χ3n) is 1.91. The number of ketones is 2. The van der Waals surface area contributed by atoms with Crippen LogP contribution in [0.1, 0.15) is 20.3 Å². The summed E-state index contributed by atoms with van der Waals surface area (Å²) in [5.74, 6) is -2.88. The molecule has 0 aromatic rings. The summed E-state index contributed by atoms with van der Waals surface area (Å²) in [6, 6.07) is 0. The number of hydrogen-bond acceptors (Lipinski definition) is 6. The summed E-state index contributed by atoms with van der Waals surface area (Å²) in [5.41, 5.74) is -2.44. The van der Waals surface area contributed by atoms with Gasteiger partial charge < -0.3 is 9.47 Å². The van der Waals surface area contributed by atoms with Crippen molar-refractivity contribution in [2.75, 3.05) is 7.11 Å². The molecular weight excluding hydrogens is 204 g/mol. The van der Waals surface area contributed by atoms with Gasteiger partial charge >= 0.3 is 11.6 Å². The summed E-state index contributed by atoms with van der Waals surface area (Å²) in [7, 11) is 0.997. The van der Waals surface area contributed by atoms with Crippen molar-refractivity contribution in [2.24, 2.45) is 0 Å². The first-order valence-electron chi connectivity index (χ1n) is 4.21. The van der Waals surface area contributed by atoms with Crippen molar-refractivity contribution >= 4 is 24.0 Å². The van der Waals surface area contributed by atoms with E-state index in [1.165, 1.54) is 6.92 Å². The van der Waals surface area contributed by atoms with Crippen LogP contribution in [0.25, 0.3) is 0 Å². The van der Waals surface area contributed by atoms with Crippen LogP contribution >= 0.6 is 0 Å². The number of methoxy groups -OCH3 is 1. The van der Waals surface area contributed by atoms with E-state index in [1.807, 2.05) is 0 Å². The number of hydrogen-bond donors (Lipinski definition) is 0. The molecule has 0 radical (unpaired) electrons. The Labute approximate surface area is 86.5 Å². The van der Waals surface area contributed by atoms with Crippen molar-refractivity contribution in [3.8, 4) is 0 Å². The highest BCUT2D eigenvalue weighted by Gasteiger charge is 2.53. The number of Topliss-reactive ketones (excluding diaryl/α,β-unsaturated/α-hetero) is 2. The number of carbonyl (C=O) groups excluding carboxylic acids is 4. The molecule has 0 aliphatic heterocycles. The van der Waals surface area contributed by atoms with E-state index in [0.717, 1.165) is 14.0 Å². The molecule has 0 aromatic carbocycles. The molecule has 0 fully saturated rings. The minimum absolute atomic E-state index is 0.119. The van der Waals surface area contributed by atoms with Crippen LogP contribution in [0, 0.1) is 0 Å². The summed E-state index contributed by atoms with van der Waals surface area (Å²) in [5, 5.41) is 0. The number of carbonyl (C=O) groups is 4. The standard InChI is InChI=1S/C9H12O6/c1-4-7(12)9(6(2)11,15-5-10)8(13)14-3/h5H,4H2,1-3H3. The number of ether oxygens (including phenoxy) is 2. The Hall–Kier alpha value is -1.72. The Kier molecular flexibility index (Phi) is 4.63. The molecule has 0 aliphatic carbocycles. The van der Waals surface area contributed by atoms with Crippen LogP contribution < -0.4 is 0 Å². The van der Waals surface area contributed by atoms with E-state index in [2.05, 4.69) is 9.47 Å². The summed E-state index contributed by atoms with van der Waals surface area (Å²) in [4.78, 5) is 44.3. The van der Waals surface area contributed by atoms with E-state index in [0.29, 0.717) is 0 Å². The van der Waals surface area contributed by atoms with Crippen LogP contribution in [0.3, 0.4) is 0 Å². The maximum absolute atomic E-state index is 11.5. The predicted molar refractivity (Wildman–Crippen MR) is 47.9 cm³/mol. The summed E-state index contributed by atoms with van der Waals surface area (Å²) in [6.07, 6.45) is -0.123. The highest BCUT2D eigenvalue weighted by atomic mass is 16.6. The summed E-state index contributed by atoms with van der Waals surface area (Å²) in [6.45, 7) is 2.30. The topological polar surface area (TPSA) is 86.7 Å². The molecule has 0 aliphatic rings. The first-order valence-corrected chi connectivity index (χ1v) is 4.21. The lowest BCUT2D eigenvalue weighted by molar-refractivity contribution is -0.180. The second kappa shape index (κ2) is 5.23. The van der Waals surface area contributed by atoms with E-state index in [-0.39, 0.29) is 12.9 Å². The van der Waals surface area contributed by atoms with Crippen molar-refractivity contribution in [2.45, 2.75) is 25.9 Å². The molecule has 0 saturated carbocycles. The van der Waals surface area contributed by atoms with Crippen LogP contribution in [0.5, 0.6) is 0 Å². The van der Waals surface area contributed by atoms with Gasteiger partial charge in [0.15, 0.2) is 11.6 Å². The van der Waals surface area contributed by atoms with Crippen LogP contribution in [0.2, 0.25) is 0 Å². The average molecular weight is 216 g/mol. The largest absolute Gasteiger partial charge is 0.465 e. The van der Waals surface area contributed by atoms with Gasteiger partial charge in [0, 0.05) is 6.42 Å². The summed E-state index contributed by atoms with van der Waals surface area (Å²) >= 11 is 0. The van der Waals surface area contributed by atoms with Crippen LogP contribution in [-0.2, 0) is 28.7 Å². The average Bonchev–Trinajstić information content (AvgIpc) is 2.23. The molecule has 1 atom stereocenters. The van der Waals surface area contributed by atoms with Gasteiger partial charge in [-0.05, 0) is 6.92 Å². The molecule has 0 heterocycles. The van der Waals surface area contributed by atoms with Crippen LogP contribution in [0.4, 0.5) is 0 Å². The molecule has 0 spiro atoms. The van der Waals surface area contributed by atoms with Gasteiger partial charge in [-0.2, -0.15) is 0 Å². The molecule has 6 nitrogen and oxygen atoms in total. The molecule has 0 saturated heterocycles. The van der Waals surface area contributed by atoms with Crippen LogP contribution in [-0.4, -0.2) is 36.7 Å². The SMILES string of the molecule is CCC(=O)C(OC=O)(C(C)=O)C(=O)OC. The number of esters is 1. The third kappa shape index (κ3) is 2.20. The quantitative estimate of drug-likeness (QED) is 0.342. The van der Waals surface area contributed by atoms with Crippen molar-refractivity contribution in [3.63, 3.8) is 0 Å². The molecule has 0 rings (SSSR count). The fourth-order valence-electron chi connectivity index (χ4n) is 1.12. The van der Waals surface area contributed by atoms with Crippen molar-refractivity contribution in [1.82, 2.24) is 0 Å². The molecule has 0 amide bonds. The van der Waals surface area contributed by atoms with Crippen molar-refractivity contribution < 1.29 is 28.7 Å². The van der Waals surface area contributed by atoms with Crippen molar-refractivity contribution in [3.05, 3.63) is 0 Å². The van der Waals surface area contributed by atoms with Gasteiger partial charge in [0.25, 0.3) is 6.47 Å². The molecule has 84 valence electrons. The highest BCUT2D eigenvalue weighted by Crippen LogP contribution is 2.17. The van der Waals surface area contributed by atoms with Crippen LogP contribution in [0.15, 0.2) is 0 Å². The minimum Gasteiger partial charge on any atom is -0.465 e. The Morgan fingerprint density at radius 3 is 2.13 bits per heavy atom. The van der Waals surface area contributed by atoms with E-state index < -0.39 is 23.1 Å². The maximum atomic E-state index is 11.5. The van der Waals surface area contributed by atoms with E-state index in [9.17, 15) is 19.2 Å². The van der Waals surface area contributed by atoms with E-state index in [4.69, 9.17) is 0 Å². The zero-order valence-corrected chi connectivity index (χ0v) is 8.73. The van der Waals surface area contributed by atoms with Gasteiger partial charge in [-0.3, -0.25) is 14.4 Å². The van der Waals surface area contributed by atoms with Crippen molar-refractivity contribution in [1.29, 1.82) is 0 Å². The monoisotopic (exact) mass is 216 g/mol.